The number of rotatable bonds is 6. The van der Waals surface area contributed by atoms with Crippen molar-refractivity contribution < 1.29 is 9.90 Å². The number of carbonyl (C=O) groups excluding carboxylic acids is 1. The van der Waals surface area contributed by atoms with E-state index in [1.54, 1.807) is 21.8 Å². The summed E-state index contributed by atoms with van der Waals surface area (Å²) in [7, 11) is 0. The highest BCUT2D eigenvalue weighted by molar-refractivity contribution is 5.88. The third-order valence-electron chi connectivity index (χ3n) is 2.95. The number of nitrogens with one attached hydrogen (secondary N) is 1. The predicted octanol–water partition coefficient (Wildman–Crippen LogP) is 1.70. The fraction of sp³-hybridized carbons (Fsp3) is 0.667. The van der Waals surface area contributed by atoms with Crippen LogP contribution in [-0.2, 0) is 0 Å². The van der Waals surface area contributed by atoms with Gasteiger partial charge in [-0.1, -0.05) is 6.92 Å². The average molecular weight is 254 g/mol. The Bertz CT molecular complexity index is 378. The Morgan fingerprint density at radius 3 is 2.89 bits per heavy atom. The molecule has 6 nitrogen and oxygen atoms in total. The topological polar surface area (TPSA) is 70.4 Å². The fourth-order valence-corrected chi connectivity index (χ4v) is 1.65. The Balaban J connectivity index is 2.72. The van der Waals surface area contributed by atoms with Crippen molar-refractivity contribution in [3.05, 3.63) is 12.3 Å². The number of nitrogens with zero attached hydrogens (tertiary/aromatic N) is 3. The minimum atomic E-state index is -0.211. The Labute approximate surface area is 108 Å². The molecule has 102 valence electrons. The predicted molar refractivity (Wildman–Crippen MR) is 70.6 cm³/mol. The molecule has 1 unspecified atom stereocenters. The number of aliphatic hydroxyl groups is 1. The molecule has 2 amide bonds. The van der Waals surface area contributed by atoms with Crippen molar-refractivity contribution in [3.63, 3.8) is 0 Å². The molecule has 0 saturated heterocycles. The van der Waals surface area contributed by atoms with E-state index < -0.39 is 0 Å². The van der Waals surface area contributed by atoms with Gasteiger partial charge in [-0.25, -0.2) is 9.48 Å². The van der Waals surface area contributed by atoms with Crippen LogP contribution < -0.4 is 5.32 Å². The molecule has 0 radical (unpaired) electrons. The summed E-state index contributed by atoms with van der Waals surface area (Å²) >= 11 is 0. The summed E-state index contributed by atoms with van der Waals surface area (Å²) in [4.78, 5) is 13.5. The van der Waals surface area contributed by atoms with Gasteiger partial charge in [0.05, 0.1) is 18.8 Å². The Morgan fingerprint density at radius 2 is 2.33 bits per heavy atom. The van der Waals surface area contributed by atoms with Gasteiger partial charge in [0.1, 0.15) is 5.82 Å². The number of likely N-dealkylation sites (N-methyl/N-ethyl adjacent to an activating group) is 1. The van der Waals surface area contributed by atoms with Crippen molar-refractivity contribution in [1.29, 1.82) is 0 Å². The maximum Gasteiger partial charge on any atom is 0.323 e. The molecule has 1 heterocycles. The van der Waals surface area contributed by atoms with Gasteiger partial charge in [-0.3, -0.25) is 5.32 Å². The smallest absolute Gasteiger partial charge is 0.323 e. The van der Waals surface area contributed by atoms with Gasteiger partial charge in [-0.05, 0) is 20.3 Å². The van der Waals surface area contributed by atoms with Crippen molar-refractivity contribution >= 4 is 11.8 Å². The van der Waals surface area contributed by atoms with Crippen LogP contribution in [0, 0.1) is 0 Å². The van der Waals surface area contributed by atoms with Crippen LogP contribution >= 0.6 is 0 Å². The zero-order valence-corrected chi connectivity index (χ0v) is 11.3. The molecule has 0 spiro atoms. The van der Waals surface area contributed by atoms with E-state index >= 15 is 0 Å². The lowest BCUT2D eigenvalue weighted by molar-refractivity contribution is 0.191. The van der Waals surface area contributed by atoms with Crippen LogP contribution in [0.5, 0.6) is 0 Å². The van der Waals surface area contributed by atoms with Gasteiger partial charge in [0.25, 0.3) is 0 Å². The molecule has 1 rings (SSSR count). The van der Waals surface area contributed by atoms with Gasteiger partial charge in [0, 0.05) is 19.2 Å². The van der Waals surface area contributed by atoms with E-state index in [1.807, 2.05) is 13.8 Å². The molecule has 1 aromatic heterocycles. The van der Waals surface area contributed by atoms with E-state index in [0.717, 1.165) is 6.42 Å². The summed E-state index contributed by atoms with van der Waals surface area (Å²) in [6.07, 6.45) is 2.61. The van der Waals surface area contributed by atoms with Crippen LogP contribution in [-0.4, -0.2) is 45.5 Å². The van der Waals surface area contributed by atoms with E-state index in [1.165, 1.54) is 0 Å². The molecule has 1 aromatic rings. The highest BCUT2D eigenvalue weighted by Gasteiger charge is 2.14. The average Bonchev–Trinajstić information content (AvgIpc) is 2.82. The van der Waals surface area contributed by atoms with Gasteiger partial charge >= 0.3 is 6.03 Å². The van der Waals surface area contributed by atoms with Gasteiger partial charge < -0.3 is 10.0 Å². The number of aromatic nitrogens is 2. The third kappa shape index (κ3) is 3.46. The van der Waals surface area contributed by atoms with E-state index in [4.69, 9.17) is 5.11 Å². The Kier molecular flexibility index (Phi) is 5.64. The van der Waals surface area contributed by atoms with Crippen LogP contribution in [0.2, 0.25) is 0 Å². The number of anilines is 1. The SMILES string of the molecule is CCC(C)n1nccc1NC(=O)N(CC)CCO. The number of hydrogen-bond acceptors (Lipinski definition) is 3. The maximum atomic E-state index is 12.0. The number of aliphatic hydroxyl groups excluding tert-OH is 1. The number of urea groups is 1. The van der Waals surface area contributed by atoms with E-state index in [2.05, 4.69) is 17.3 Å². The van der Waals surface area contributed by atoms with Crippen molar-refractivity contribution in [3.8, 4) is 0 Å². The molecule has 0 fully saturated rings. The standard InChI is InChI=1S/C12H22N4O2/c1-4-10(3)16-11(6-7-13-16)14-12(18)15(5-2)8-9-17/h6-7,10,17H,4-5,8-9H2,1-3H3,(H,14,18). The maximum absolute atomic E-state index is 12.0. The zero-order valence-electron chi connectivity index (χ0n) is 11.3. The molecular formula is C12H22N4O2. The quantitative estimate of drug-likeness (QED) is 0.811. The highest BCUT2D eigenvalue weighted by Crippen LogP contribution is 2.16. The summed E-state index contributed by atoms with van der Waals surface area (Å²) in [5.41, 5.74) is 0. The second kappa shape index (κ2) is 7.00. The van der Waals surface area contributed by atoms with Gasteiger partial charge in [0.15, 0.2) is 0 Å². The van der Waals surface area contributed by atoms with Crippen LogP contribution in [0.15, 0.2) is 12.3 Å². The number of carbonyl (C=O) groups is 1. The summed E-state index contributed by atoms with van der Waals surface area (Å²) in [6.45, 7) is 6.85. The largest absolute Gasteiger partial charge is 0.395 e. The van der Waals surface area contributed by atoms with Crippen molar-refractivity contribution in [2.45, 2.75) is 33.2 Å². The number of hydrogen-bond donors (Lipinski definition) is 2. The third-order valence-corrected chi connectivity index (χ3v) is 2.95. The lowest BCUT2D eigenvalue weighted by atomic mass is 10.3. The second-order valence-electron chi connectivity index (χ2n) is 4.15. The van der Waals surface area contributed by atoms with E-state index in [-0.39, 0.29) is 18.7 Å². The zero-order chi connectivity index (χ0) is 13.5. The Morgan fingerprint density at radius 1 is 1.61 bits per heavy atom. The lowest BCUT2D eigenvalue weighted by Gasteiger charge is -2.21. The van der Waals surface area contributed by atoms with Crippen LogP contribution in [0.4, 0.5) is 10.6 Å². The van der Waals surface area contributed by atoms with Gasteiger partial charge in [0.2, 0.25) is 0 Å². The summed E-state index contributed by atoms with van der Waals surface area (Å²) in [6, 6.07) is 1.80. The van der Waals surface area contributed by atoms with E-state index in [0.29, 0.717) is 18.9 Å². The molecule has 0 aliphatic carbocycles. The highest BCUT2D eigenvalue weighted by atomic mass is 16.3. The van der Waals surface area contributed by atoms with Crippen molar-refractivity contribution in [1.82, 2.24) is 14.7 Å². The molecule has 0 saturated carbocycles. The Hall–Kier alpha value is -1.56. The monoisotopic (exact) mass is 254 g/mol. The minimum absolute atomic E-state index is 0.0358. The molecular weight excluding hydrogens is 232 g/mol. The molecule has 1 atom stereocenters. The summed E-state index contributed by atoms with van der Waals surface area (Å²) < 4.78 is 1.80. The number of amides is 2. The normalized spacial score (nSPS) is 12.2. The first-order valence-corrected chi connectivity index (χ1v) is 6.34. The molecule has 2 N–H and O–H groups in total. The van der Waals surface area contributed by atoms with Crippen molar-refractivity contribution in [2.24, 2.45) is 0 Å². The van der Waals surface area contributed by atoms with Crippen molar-refractivity contribution in [2.75, 3.05) is 25.0 Å². The summed E-state index contributed by atoms with van der Waals surface area (Å²) in [5, 5.41) is 15.9. The lowest BCUT2D eigenvalue weighted by Crippen LogP contribution is -2.37. The molecule has 0 aliphatic heterocycles. The second-order valence-corrected chi connectivity index (χ2v) is 4.15. The molecule has 18 heavy (non-hydrogen) atoms. The molecule has 6 heteroatoms. The summed E-state index contributed by atoms with van der Waals surface area (Å²) in [5.74, 6) is 0.686. The minimum Gasteiger partial charge on any atom is -0.395 e. The molecule has 0 bridgehead atoms. The van der Waals surface area contributed by atoms with Crippen LogP contribution in [0.3, 0.4) is 0 Å². The van der Waals surface area contributed by atoms with Crippen LogP contribution in [0.25, 0.3) is 0 Å². The fourth-order valence-electron chi connectivity index (χ4n) is 1.65. The first-order valence-electron chi connectivity index (χ1n) is 6.34. The van der Waals surface area contributed by atoms with E-state index in [9.17, 15) is 4.79 Å². The molecule has 0 aromatic carbocycles. The van der Waals surface area contributed by atoms with Crippen LogP contribution in [0.1, 0.15) is 33.2 Å². The van der Waals surface area contributed by atoms with Gasteiger partial charge in [-0.15, -0.1) is 0 Å². The first kappa shape index (κ1) is 14.5. The first-order chi connectivity index (χ1) is 8.63. The van der Waals surface area contributed by atoms with Gasteiger partial charge in [-0.2, -0.15) is 5.10 Å². The molecule has 0 aliphatic rings.